The van der Waals surface area contributed by atoms with Gasteiger partial charge in [0, 0.05) is 27.1 Å². The summed E-state index contributed by atoms with van der Waals surface area (Å²) in [4.78, 5) is 30.5. The first-order chi connectivity index (χ1) is 31.3. The molecule has 11 rings (SSSR count). The molecule has 2 amide bonds. The van der Waals surface area contributed by atoms with Gasteiger partial charge >= 0.3 is 12.4 Å². The predicted molar refractivity (Wildman–Crippen MR) is 238 cm³/mol. The van der Waals surface area contributed by atoms with Crippen molar-refractivity contribution in [1.29, 1.82) is 5.26 Å². The number of fused-ring (bicyclic) bond motifs is 7. The Labute approximate surface area is 365 Å². The maximum absolute atomic E-state index is 14.9. The van der Waals surface area contributed by atoms with Crippen molar-refractivity contribution in [2.75, 3.05) is 4.90 Å². The molecular weight excluding hydrogens is 839 g/mol. The summed E-state index contributed by atoms with van der Waals surface area (Å²) in [6, 6.07) is 47.0. The molecule has 1 aliphatic rings. The first-order valence-electron chi connectivity index (χ1n) is 20.3. The third-order valence-corrected chi connectivity index (χ3v) is 12.1. The number of imide groups is 1. The molecule has 12 heteroatoms. The second kappa shape index (κ2) is 14.3. The average Bonchev–Trinajstić information content (AvgIpc) is 3.92. The lowest BCUT2D eigenvalue weighted by molar-refractivity contribution is -0.138. The Morgan fingerprint density at radius 2 is 0.892 bits per heavy atom. The number of carbonyl (C=O) groups excluding carboxylic acids is 2. The number of hydrogen-bond acceptors (Lipinski definition) is 3. The van der Waals surface area contributed by atoms with E-state index < -0.39 is 35.3 Å². The highest BCUT2D eigenvalue weighted by molar-refractivity contribution is 6.37. The summed E-state index contributed by atoms with van der Waals surface area (Å²) in [5.41, 5.74) is 1.68. The van der Waals surface area contributed by atoms with Gasteiger partial charge < -0.3 is 9.13 Å². The van der Waals surface area contributed by atoms with E-state index in [1.165, 1.54) is 18.2 Å². The second-order valence-corrected chi connectivity index (χ2v) is 15.7. The maximum atomic E-state index is 14.9. The van der Waals surface area contributed by atoms with E-state index in [4.69, 9.17) is 0 Å². The Kier molecular flexibility index (Phi) is 8.67. The molecule has 3 heterocycles. The van der Waals surface area contributed by atoms with Gasteiger partial charge in [-0.3, -0.25) is 9.59 Å². The second-order valence-electron chi connectivity index (χ2n) is 15.7. The monoisotopic (exact) mass is 866 g/mol. The SMILES string of the molecule is N#Cc1c(-n2c3ccccc3c3ccc(C(F)(F)F)cc32)cc(-c2cccc3c2C(=O)N(c2ccccc2-c2ccccc2)C3=O)cc1-n1c2ccccc2c2ccc(C(F)(F)F)cc21. The Hall–Kier alpha value is -8.43. The van der Waals surface area contributed by atoms with Gasteiger partial charge in [0.15, 0.2) is 0 Å². The topological polar surface area (TPSA) is 71.0 Å². The van der Waals surface area contributed by atoms with E-state index in [9.17, 15) is 41.2 Å². The predicted octanol–water partition coefficient (Wildman–Crippen LogP) is 13.9. The van der Waals surface area contributed by atoms with E-state index in [-0.39, 0.29) is 50.2 Å². The van der Waals surface area contributed by atoms with Crippen LogP contribution in [0.3, 0.4) is 0 Å². The molecule has 0 N–H and O–H groups in total. The van der Waals surface area contributed by atoms with Crippen molar-refractivity contribution in [3.63, 3.8) is 0 Å². The number of hydrogen-bond donors (Lipinski definition) is 0. The van der Waals surface area contributed by atoms with Crippen LogP contribution in [0.1, 0.15) is 37.4 Å². The van der Waals surface area contributed by atoms with E-state index in [0.29, 0.717) is 43.8 Å². The van der Waals surface area contributed by atoms with Crippen molar-refractivity contribution < 1.29 is 35.9 Å². The highest BCUT2D eigenvalue weighted by Gasteiger charge is 2.40. The molecule has 0 aliphatic carbocycles. The fraction of sp³-hybridized carbons (Fsp3) is 0.0377. The van der Waals surface area contributed by atoms with Crippen molar-refractivity contribution >= 4 is 61.1 Å². The lowest BCUT2D eigenvalue weighted by Crippen LogP contribution is -2.30. The molecule has 1 aliphatic heterocycles. The summed E-state index contributed by atoms with van der Waals surface area (Å²) in [6.07, 6.45) is -9.47. The number of carbonyl (C=O) groups is 2. The van der Waals surface area contributed by atoms with Crippen LogP contribution in [0.25, 0.3) is 77.2 Å². The molecule has 0 saturated carbocycles. The smallest absolute Gasteiger partial charge is 0.308 e. The van der Waals surface area contributed by atoms with Crippen LogP contribution in [-0.4, -0.2) is 20.9 Å². The number of para-hydroxylation sites is 3. The van der Waals surface area contributed by atoms with Crippen LogP contribution in [0.15, 0.2) is 170 Å². The lowest BCUT2D eigenvalue weighted by Gasteiger charge is -2.20. The summed E-state index contributed by atoms with van der Waals surface area (Å²) >= 11 is 0. The van der Waals surface area contributed by atoms with E-state index in [0.717, 1.165) is 34.7 Å². The van der Waals surface area contributed by atoms with Gasteiger partial charge in [-0.25, -0.2) is 4.90 Å². The molecule has 0 atom stereocenters. The molecule has 0 fully saturated rings. The van der Waals surface area contributed by atoms with Gasteiger partial charge in [0.25, 0.3) is 11.8 Å². The van der Waals surface area contributed by atoms with Crippen LogP contribution < -0.4 is 4.90 Å². The highest BCUT2D eigenvalue weighted by atomic mass is 19.4. The fourth-order valence-electron chi connectivity index (χ4n) is 9.32. The minimum Gasteiger partial charge on any atom is -0.308 e. The summed E-state index contributed by atoms with van der Waals surface area (Å²) in [7, 11) is 0. The van der Waals surface area contributed by atoms with Gasteiger partial charge in [-0.2, -0.15) is 31.6 Å². The quantitative estimate of drug-likeness (QED) is 0.128. The number of benzene rings is 8. The zero-order valence-corrected chi connectivity index (χ0v) is 33.5. The molecule has 10 aromatic rings. The molecule has 2 aromatic heterocycles. The Bertz CT molecular complexity index is 3550. The Balaban J connectivity index is 1.24. The van der Waals surface area contributed by atoms with Crippen molar-refractivity contribution in [3.05, 3.63) is 198 Å². The molecule has 0 spiro atoms. The number of amides is 2. The minimum absolute atomic E-state index is 0.0325. The van der Waals surface area contributed by atoms with Crippen molar-refractivity contribution in [1.82, 2.24) is 9.13 Å². The van der Waals surface area contributed by atoms with E-state index in [1.54, 1.807) is 106 Å². The van der Waals surface area contributed by atoms with Gasteiger partial charge in [-0.05, 0) is 77.4 Å². The van der Waals surface area contributed by atoms with Crippen LogP contribution in [-0.2, 0) is 12.4 Å². The first-order valence-corrected chi connectivity index (χ1v) is 20.3. The van der Waals surface area contributed by atoms with E-state index >= 15 is 0 Å². The van der Waals surface area contributed by atoms with Crippen molar-refractivity contribution in [3.8, 4) is 39.7 Å². The van der Waals surface area contributed by atoms with Gasteiger partial charge in [0.1, 0.15) is 11.6 Å². The number of anilines is 1. The zero-order valence-electron chi connectivity index (χ0n) is 33.5. The molecule has 0 radical (unpaired) electrons. The molecule has 65 heavy (non-hydrogen) atoms. The number of nitrogens with zero attached hydrogens (tertiary/aromatic N) is 4. The normalized spacial score (nSPS) is 13.1. The summed E-state index contributed by atoms with van der Waals surface area (Å²) in [5, 5.41) is 13.3. The maximum Gasteiger partial charge on any atom is 0.416 e. The van der Waals surface area contributed by atoms with Crippen LogP contribution in [0, 0.1) is 11.3 Å². The molecule has 0 bridgehead atoms. The van der Waals surface area contributed by atoms with Crippen molar-refractivity contribution in [2.45, 2.75) is 12.4 Å². The number of alkyl halides is 6. The first kappa shape index (κ1) is 39.4. The highest BCUT2D eigenvalue weighted by Crippen LogP contribution is 2.45. The molecule has 0 unspecified atom stereocenters. The van der Waals surface area contributed by atoms with E-state index in [1.807, 2.05) is 30.3 Å². The molecule has 0 saturated heterocycles. The number of halogens is 6. The number of aromatic nitrogens is 2. The molecule has 314 valence electrons. The van der Waals surface area contributed by atoms with Gasteiger partial charge in [-0.15, -0.1) is 0 Å². The van der Waals surface area contributed by atoms with Crippen LogP contribution >= 0.6 is 0 Å². The van der Waals surface area contributed by atoms with Crippen molar-refractivity contribution in [2.24, 2.45) is 0 Å². The average molecular weight is 867 g/mol. The van der Waals surface area contributed by atoms with Gasteiger partial charge in [0.2, 0.25) is 0 Å². The summed E-state index contributed by atoms with van der Waals surface area (Å²) in [5.74, 6) is -1.23. The number of nitriles is 1. The third-order valence-electron chi connectivity index (χ3n) is 12.1. The summed E-state index contributed by atoms with van der Waals surface area (Å²) in [6.45, 7) is 0. The Morgan fingerprint density at radius 1 is 0.415 bits per heavy atom. The molecule has 6 nitrogen and oxygen atoms in total. The fourth-order valence-corrected chi connectivity index (χ4v) is 9.32. The van der Waals surface area contributed by atoms with Gasteiger partial charge in [0.05, 0.1) is 61.4 Å². The summed E-state index contributed by atoms with van der Waals surface area (Å²) < 4.78 is 89.9. The standard InChI is InChI=1S/C53H28F6N4O2/c54-52(55,56)32-21-23-38-36-14-5-8-19-43(36)61(47(38)27-32)45-25-31(26-46(41(45)29-60)62-44-20-9-6-15-37(44)39-24-22-33(28-48(39)62)53(57,58)59)35-16-10-17-40-49(35)51(65)63(50(40)64)42-18-7-4-13-34(42)30-11-2-1-3-12-30/h1-28H. The largest absolute Gasteiger partial charge is 0.416 e. The Morgan fingerprint density at radius 3 is 1.45 bits per heavy atom. The molecule has 8 aromatic carbocycles. The minimum atomic E-state index is -4.73. The third kappa shape index (κ3) is 6.03. The van der Waals surface area contributed by atoms with E-state index in [2.05, 4.69) is 6.07 Å². The molecular formula is C53H28F6N4O2. The zero-order chi connectivity index (χ0) is 44.9. The van der Waals surface area contributed by atoms with Crippen LogP contribution in [0.4, 0.5) is 32.0 Å². The van der Waals surface area contributed by atoms with Crippen LogP contribution in [0.2, 0.25) is 0 Å². The van der Waals surface area contributed by atoms with Crippen LogP contribution in [0.5, 0.6) is 0 Å². The number of rotatable bonds is 5. The lowest BCUT2D eigenvalue weighted by atomic mass is 9.94. The van der Waals surface area contributed by atoms with Gasteiger partial charge in [-0.1, -0.05) is 109 Å².